The maximum absolute atomic E-state index is 13.3. The number of nitrogens with zero attached hydrogens (tertiary/aromatic N) is 1. The third kappa shape index (κ3) is 2.25. The van der Waals surface area contributed by atoms with E-state index in [0.717, 1.165) is 13.1 Å². The molecule has 0 bridgehead atoms. The quantitative estimate of drug-likeness (QED) is 0.851. The fraction of sp³-hybridized carbons (Fsp3) is 0.364. The first kappa shape index (κ1) is 11.5. The molecular weight excluding hydrogens is 275 g/mol. The minimum atomic E-state index is -0.402. The smallest absolute Gasteiger partial charge is 0.255 e. The highest BCUT2D eigenvalue weighted by Crippen LogP contribution is 2.21. The standard InChI is InChI=1S/C11H12BrFN2O/c12-10-8(2-1-3-9(10)13)11(16)15-6-4-14-5-7-15/h1-3,14H,4-7H2. The van der Waals surface area contributed by atoms with E-state index in [2.05, 4.69) is 21.2 Å². The Labute approximate surface area is 102 Å². The first-order valence-electron chi connectivity index (χ1n) is 5.14. The fourth-order valence-corrected chi connectivity index (χ4v) is 2.14. The van der Waals surface area contributed by atoms with Crippen LogP contribution in [0.3, 0.4) is 0 Å². The summed E-state index contributed by atoms with van der Waals surface area (Å²) in [5.74, 6) is -0.520. The third-order valence-corrected chi connectivity index (χ3v) is 3.39. The average molecular weight is 287 g/mol. The van der Waals surface area contributed by atoms with Gasteiger partial charge in [0.05, 0.1) is 10.0 Å². The second kappa shape index (κ2) is 4.93. The van der Waals surface area contributed by atoms with Gasteiger partial charge in [0, 0.05) is 26.2 Å². The molecule has 5 heteroatoms. The van der Waals surface area contributed by atoms with Crippen LogP contribution in [0.15, 0.2) is 22.7 Å². The van der Waals surface area contributed by atoms with Gasteiger partial charge in [-0.25, -0.2) is 4.39 Å². The summed E-state index contributed by atoms with van der Waals surface area (Å²) in [6.07, 6.45) is 0. The summed E-state index contributed by atoms with van der Waals surface area (Å²) in [6, 6.07) is 4.52. The number of rotatable bonds is 1. The Balaban J connectivity index is 2.22. The van der Waals surface area contributed by atoms with Gasteiger partial charge in [-0.15, -0.1) is 0 Å². The first-order valence-corrected chi connectivity index (χ1v) is 5.93. The predicted octanol–water partition coefficient (Wildman–Crippen LogP) is 1.63. The zero-order valence-corrected chi connectivity index (χ0v) is 10.3. The van der Waals surface area contributed by atoms with Crippen molar-refractivity contribution in [3.63, 3.8) is 0 Å². The molecule has 0 aliphatic carbocycles. The highest BCUT2D eigenvalue weighted by atomic mass is 79.9. The van der Waals surface area contributed by atoms with Crippen LogP contribution < -0.4 is 5.32 Å². The number of benzene rings is 1. The van der Waals surface area contributed by atoms with Crippen molar-refractivity contribution >= 4 is 21.8 Å². The Bertz CT molecular complexity index is 405. The van der Waals surface area contributed by atoms with Crippen LogP contribution in [0.25, 0.3) is 0 Å². The SMILES string of the molecule is O=C(c1cccc(F)c1Br)N1CCNCC1. The summed E-state index contributed by atoms with van der Waals surface area (Å²) in [5.41, 5.74) is 0.391. The predicted molar refractivity (Wildman–Crippen MR) is 62.9 cm³/mol. The van der Waals surface area contributed by atoms with E-state index in [9.17, 15) is 9.18 Å². The molecule has 86 valence electrons. The summed E-state index contributed by atoms with van der Waals surface area (Å²) >= 11 is 3.11. The molecule has 1 aromatic rings. The van der Waals surface area contributed by atoms with Gasteiger partial charge in [-0.2, -0.15) is 0 Å². The molecule has 0 unspecified atom stereocenters. The van der Waals surface area contributed by atoms with Crippen molar-refractivity contribution in [1.82, 2.24) is 10.2 Å². The van der Waals surface area contributed by atoms with Gasteiger partial charge in [0.1, 0.15) is 5.82 Å². The minimum absolute atomic E-state index is 0.118. The van der Waals surface area contributed by atoms with Gasteiger partial charge in [0.2, 0.25) is 0 Å². The van der Waals surface area contributed by atoms with E-state index in [4.69, 9.17) is 0 Å². The van der Waals surface area contributed by atoms with E-state index in [-0.39, 0.29) is 10.4 Å². The molecule has 1 fully saturated rings. The molecule has 0 spiro atoms. The van der Waals surface area contributed by atoms with Crippen molar-refractivity contribution in [3.8, 4) is 0 Å². The molecule has 0 saturated carbocycles. The summed E-state index contributed by atoms with van der Waals surface area (Å²) in [4.78, 5) is 13.8. The molecule has 0 radical (unpaired) electrons. The Hall–Kier alpha value is -0.940. The first-order chi connectivity index (χ1) is 7.70. The fourth-order valence-electron chi connectivity index (χ4n) is 1.71. The zero-order valence-electron chi connectivity index (χ0n) is 8.67. The lowest BCUT2D eigenvalue weighted by Gasteiger charge is -2.27. The van der Waals surface area contributed by atoms with Gasteiger partial charge >= 0.3 is 0 Å². The van der Waals surface area contributed by atoms with Gasteiger partial charge in [-0.05, 0) is 28.1 Å². The van der Waals surface area contributed by atoms with E-state index < -0.39 is 5.82 Å². The molecule has 1 aliphatic heterocycles. The van der Waals surface area contributed by atoms with E-state index in [1.165, 1.54) is 6.07 Å². The normalized spacial score (nSPS) is 16.2. The molecule has 1 saturated heterocycles. The van der Waals surface area contributed by atoms with Crippen molar-refractivity contribution in [2.75, 3.05) is 26.2 Å². The Morgan fingerprint density at radius 1 is 1.38 bits per heavy atom. The second-order valence-electron chi connectivity index (χ2n) is 3.64. The maximum atomic E-state index is 13.3. The van der Waals surface area contributed by atoms with Crippen molar-refractivity contribution < 1.29 is 9.18 Å². The van der Waals surface area contributed by atoms with Crippen LogP contribution in [0, 0.1) is 5.82 Å². The molecule has 16 heavy (non-hydrogen) atoms. The lowest BCUT2D eigenvalue weighted by Crippen LogP contribution is -2.46. The van der Waals surface area contributed by atoms with Crippen LogP contribution in [0.2, 0.25) is 0 Å². The van der Waals surface area contributed by atoms with E-state index in [1.54, 1.807) is 17.0 Å². The van der Waals surface area contributed by atoms with Gasteiger partial charge in [0.15, 0.2) is 0 Å². The Kier molecular flexibility index (Phi) is 3.56. The molecule has 3 nitrogen and oxygen atoms in total. The lowest BCUT2D eigenvalue weighted by atomic mass is 10.2. The number of nitrogens with one attached hydrogen (secondary N) is 1. The number of carbonyl (C=O) groups excluding carboxylic acids is 1. The largest absolute Gasteiger partial charge is 0.336 e. The number of hydrogen-bond donors (Lipinski definition) is 1. The van der Waals surface area contributed by atoms with Crippen LogP contribution in [-0.4, -0.2) is 37.0 Å². The molecule has 1 aliphatic rings. The third-order valence-electron chi connectivity index (χ3n) is 2.59. The Morgan fingerprint density at radius 2 is 2.06 bits per heavy atom. The molecule has 1 N–H and O–H groups in total. The maximum Gasteiger partial charge on any atom is 0.255 e. The molecule has 1 aromatic carbocycles. The summed E-state index contributed by atoms with van der Waals surface area (Å²) in [6.45, 7) is 2.92. The molecule has 1 heterocycles. The van der Waals surface area contributed by atoms with Gasteiger partial charge in [0.25, 0.3) is 5.91 Å². The molecule has 0 atom stereocenters. The highest BCUT2D eigenvalue weighted by molar-refractivity contribution is 9.10. The number of amides is 1. The number of carbonyl (C=O) groups is 1. The van der Waals surface area contributed by atoms with Crippen LogP contribution >= 0.6 is 15.9 Å². The number of hydrogen-bond acceptors (Lipinski definition) is 2. The molecule has 2 rings (SSSR count). The lowest BCUT2D eigenvalue weighted by molar-refractivity contribution is 0.0734. The van der Waals surface area contributed by atoms with Crippen LogP contribution in [-0.2, 0) is 0 Å². The van der Waals surface area contributed by atoms with Gasteiger partial charge in [-0.3, -0.25) is 4.79 Å². The molecule has 1 amide bonds. The molecule has 0 aromatic heterocycles. The van der Waals surface area contributed by atoms with Crippen LogP contribution in [0.1, 0.15) is 10.4 Å². The minimum Gasteiger partial charge on any atom is -0.336 e. The van der Waals surface area contributed by atoms with Crippen LogP contribution in [0.4, 0.5) is 4.39 Å². The summed E-state index contributed by atoms with van der Waals surface area (Å²) in [7, 11) is 0. The van der Waals surface area contributed by atoms with Gasteiger partial charge < -0.3 is 10.2 Å². The van der Waals surface area contributed by atoms with Crippen molar-refractivity contribution in [2.45, 2.75) is 0 Å². The van der Waals surface area contributed by atoms with Crippen molar-refractivity contribution in [1.29, 1.82) is 0 Å². The number of halogens is 2. The second-order valence-corrected chi connectivity index (χ2v) is 4.44. The zero-order chi connectivity index (χ0) is 11.5. The van der Waals surface area contributed by atoms with Crippen LogP contribution in [0.5, 0.6) is 0 Å². The van der Waals surface area contributed by atoms with E-state index in [0.29, 0.717) is 18.7 Å². The number of piperazine rings is 1. The summed E-state index contributed by atoms with van der Waals surface area (Å²) < 4.78 is 13.5. The molecular formula is C11H12BrFN2O. The van der Waals surface area contributed by atoms with Crippen molar-refractivity contribution in [3.05, 3.63) is 34.1 Å². The topological polar surface area (TPSA) is 32.3 Å². The average Bonchev–Trinajstić information content (AvgIpc) is 2.33. The Morgan fingerprint density at radius 3 is 2.75 bits per heavy atom. The summed E-state index contributed by atoms with van der Waals surface area (Å²) in [5, 5.41) is 3.17. The monoisotopic (exact) mass is 286 g/mol. The van der Waals surface area contributed by atoms with E-state index in [1.807, 2.05) is 0 Å². The van der Waals surface area contributed by atoms with Gasteiger partial charge in [-0.1, -0.05) is 6.07 Å². The van der Waals surface area contributed by atoms with E-state index >= 15 is 0 Å². The highest BCUT2D eigenvalue weighted by Gasteiger charge is 2.20. The van der Waals surface area contributed by atoms with Crippen molar-refractivity contribution in [2.24, 2.45) is 0 Å².